The lowest BCUT2D eigenvalue weighted by Gasteiger charge is -2.33. The van der Waals surface area contributed by atoms with Gasteiger partial charge in [0.15, 0.2) is 0 Å². The molecule has 1 unspecified atom stereocenters. The van der Waals surface area contributed by atoms with Gasteiger partial charge < -0.3 is 5.32 Å². The molecule has 0 aliphatic carbocycles. The van der Waals surface area contributed by atoms with Crippen LogP contribution < -0.4 is 5.32 Å². The molecule has 106 valence electrons. The molecule has 0 saturated carbocycles. The Kier molecular flexibility index (Phi) is 5.13. The summed E-state index contributed by atoms with van der Waals surface area (Å²) in [7, 11) is 0. The summed E-state index contributed by atoms with van der Waals surface area (Å²) in [6.45, 7) is 2.87. The number of nitrogens with zero attached hydrogens (tertiary/aromatic N) is 1. The van der Waals surface area contributed by atoms with E-state index in [0.717, 1.165) is 19.6 Å². The first-order valence-electron chi connectivity index (χ1n) is 6.26. The number of benzene rings is 1. The summed E-state index contributed by atoms with van der Waals surface area (Å²) in [6.07, 6.45) is 0. The quantitative estimate of drug-likeness (QED) is 0.918. The number of thioether (sulfide) groups is 1. The summed E-state index contributed by atoms with van der Waals surface area (Å²) in [4.78, 5) is 2.09. The van der Waals surface area contributed by atoms with E-state index < -0.39 is 5.51 Å². The zero-order valence-corrected chi connectivity index (χ0v) is 11.3. The van der Waals surface area contributed by atoms with E-state index in [0.29, 0.717) is 6.54 Å². The van der Waals surface area contributed by atoms with Crippen LogP contribution in [0.3, 0.4) is 0 Å². The number of rotatable bonds is 4. The van der Waals surface area contributed by atoms with Gasteiger partial charge in [-0.3, -0.25) is 4.90 Å². The van der Waals surface area contributed by atoms with Crippen LogP contribution in [0.1, 0.15) is 11.6 Å². The molecule has 1 aliphatic heterocycles. The third-order valence-corrected chi connectivity index (χ3v) is 3.85. The molecule has 0 bridgehead atoms. The molecule has 2 rings (SSSR count). The van der Waals surface area contributed by atoms with Crippen molar-refractivity contribution in [2.24, 2.45) is 0 Å². The Labute approximate surface area is 115 Å². The molecule has 0 amide bonds. The van der Waals surface area contributed by atoms with Gasteiger partial charge in [-0.1, -0.05) is 30.3 Å². The monoisotopic (exact) mass is 290 g/mol. The van der Waals surface area contributed by atoms with Gasteiger partial charge in [-0.2, -0.15) is 13.2 Å². The van der Waals surface area contributed by atoms with Gasteiger partial charge in [-0.25, -0.2) is 0 Å². The van der Waals surface area contributed by atoms with Crippen LogP contribution in [0, 0.1) is 0 Å². The average Bonchev–Trinajstić information content (AvgIpc) is 2.39. The van der Waals surface area contributed by atoms with E-state index in [-0.39, 0.29) is 23.6 Å². The Morgan fingerprint density at radius 3 is 2.68 bits per heavy atom. The summed E-state index contributed by atoms with van der Waals surface area (Å²) in [6, 6.07) is 10.2. The van der Waals surface area contributed by atoms with Crippen molar-refractivity contribution >= 4 is 11.8 Å². The summed E-state index contributed by atoms with van der Waals surface area (Å²) >= 11 is 0.0622. The van der Waals surface area contributed by atoms with Gasteiger partial charge in [0.1, 0.15) is 0 Å². The fourth-order valence-corrected chi connectivity index (χ4v) is 2.79. The van der Waals surface area contributed by atoms with Crippen LogP contribution in [-0.4, -0.2) is 42.3 Å². The van der Waals surface area contributed by atoms with Crippen molar-refractivity contribution in [2.45, 2.75) is 11.6 Å². The largest absolute Gasteiger partial charge is 0.441 e. The normalized spacial score (nSPS) is 21.5. The van der Waals surface area contributed by atoms with Crippen LogP contribution >= 0.6 is 11.8 Å². The van der Waals surface area contributed by atoms with Crippen LogP contribution in [0.5, 0.6) is 0 Å². The maximum atomic E-state index is 12.1. The van der Waals surface area contributed by atoms with E-state index in [9.17, 15) is 13.2 Å². The fraction of sp³-hybridized carbons (Fsp3) is 0.538. The Bertz CT molecular complexity index is 383. The SMILES string of the molecule is FC(F)(F)SCCN1CCNC(c2ccccc2)C1. The van der Waals surface area contributed by atoms with Crippen molar-refractivity contribution in [3.05, 3.63) is 35.9 Å². The Morgan fingerprint density at radius 2 is 2.00 bits per heavy atom. The second kappa shape index (κ2) is 6.63. The van der Waals surface area contributed by atoms with Crippen molar-refractivity contribution in [1.82, 2.24) is 10.2 Å². The molecule has 0 aromatic heterocycles. The highest BCUT2D eigenvalue weighted by Gasteiger charge is 2.28. The topological polar surface area (TPSA) is 15.3 Å². The molecule has 1 aliphatic rings. The van der Waals surface area contributed by atoms with E-state index in [4.69, 9.17) is 0 Å². The van der Waals surface area contributed by atoms with E-state index in [1.165, 1.54) is 5.56 Å². The third kappa shape index (κ3) is 5.04. The number of hydrogen-bond donors (Lipinski definition) is 1. The zero-order chi connectivity index (χ0) is 13.7. The lowest BCUT2D eigenvalue weighted by molar-refractivity contribution is -0.0329. The van der Waals surface area contributed by atoms with Gasteiger partial charge in [-0.15, -0.1) is 0 Å². The zero-order valence-electron chi connectivity index (χ0n) is 10.5. The van der Waals surface area contributed by atoms with E-state index >= 15 is 0 Å². The minimum atomic E-state index is -4.12. The van der Waals surface area contributed by atoms with Gasteiger partial charge in [-0.05, 0) is 17.3 Å². The molecule has 0 radical (unpaired) electrons. The highest BCUT2D eigenvalue weighted by atomic mass is 32.2. The van der Waals surface area contributed by atoms with E-state index in [1.54, 1.807) is 0 Å². The molecule has 1 N–H and O–H groups in total. The molecule has 1 aromatic carbocycles. The summed E-state index contributed by atoms with van der Waals surface area (Å²) in [5, 5.41) is 3.40. The van der Waals surface area contributed by atoms with Gasteiger partial charge in [0.25, 0.3) is 0 Å². The lowest BCUT2D eigenvalue weighted by atomic mass is 10.0. The lowest BCUT2D eigenvalue weighted by Crippen LogP contribution is -2.46. The molecule has 1 atom stereocenters. The molecule has 1 heterocycles. The van der Waals surface area contributed by atoms with Crippen LogP contribution in [0.15, 0.2) is 30.3 Å². The minimum Gasteiger partial charge on any atom is -0.308 e. The van der Waals surface area contributed by atoms with Crippen molar-refractivity contribution < 1.29 is 13.2 Å². The maximum Gasteiger partial charge on any atom is 0.441 e. The average molecular weight is 290 g/mol. The van der Waals surface area contributed by atoms with Crippen molar-refractivity contribution in [1.29, 1.82) is 0 Å². The summed E-state index contributed by atoms with van der Waals surface area (Å²) in [5.74, 6) is 0.102. The predicted octanol–water partition coefficient (Wildman–Crippen LogP) is 2.89. The highest BCUT2D eigenvalue weighted by molar-refractivity contribution is 8.00. The van der Waals surface area contributed by atoms with Crippen LogP contribution in [-0.2, 0) is 0 Å². The maximum absolute atomic E-state index is 12.1. The molecule has 0 spiro atoms. The van der Waals surface area contributed by atoms with Gasteiger partial charge >= 0.3 is 5.51 Å². The van der Waals surface area contributed by atoms with Crippen LogP contribution in [0.25, 0.3) is 0 Å². The first kappa shape index (κ1) is 14.7. The molecule has 1 aromatic rings. The molecule has 1 saturated heterocycles. The predicted molar refractivity (Wildman–Crippen MR) is 72.1 cm³/mol. The Morgan fingerprint density at radius 1 is 1.26 bits per heavy atom. The van der Waals surface area contributed by atoms with E-state index in [1.807, 2.05) is 30.3 Å². The smallest absolute Gasteiger partial charge is 0.308 e. The molecule has 6 heteroatoms. The fourth-order valence-electron chi connectivity index (χ4n) is 2.21. The van der Waals surface area contributed by atoms with Crippen LogP contribution in [0.2, 0.25) is 0 Å². The van der Waals surface area contributed by atoms with Gasteiger partial charge in [0.2, 0.25) is 0 Å². The van der Waals surface area contributed by atoms with Gasteiger partial charge in [0.05, 0.1) is 0 Å². The molecular formula is C13H17F3N2S. The minimum absolute atomic E-state index is 0.0622. The number of hydrogen-bond acceptors (Lipinski definition) is 3. The van der Waals surface area contributed by atoms with Gasteiger partial charge in [0, 0.05) is 38.0 Å². The first-order valence-corrected chi connectivity index (χ1v) is 7.24. The second-order valence-electron chi connectivity index (χ2n) is 4.51. The van der Waals surface area contributed by atoms with E-state index in [2.05, 4.69) is 10.2 Å². The van der Waals surface area contributed by atoms with Crippen molar-refractivity contribution in [2.75, 3.05) is 31.9 Å². The standard InChI is InChI=1S/C13H17F3N2S/c14-13(15,16)19-9-8-18-7-6-17-12(10-18)11-4-2-1-3-5-11/h1-5,12,17H,6-10H2. The summed E-state index contributed by atoms with van der Waals surface area (Å²) < 4.78 is 36.3. The number of piperazine rings is 1. The number of nitrogens with one attached hydrogen (secondary N) is 1. The summed E-state index contributed by atoms with van der Waals surface area (Å²) in [5.41, 5.74) is -2.93. The van der Waals surface area contributed by atoms with Crippen molar-refractivity contribution in [3.63, 3.8) is 0 Å². The first-order chi connectivity index (χ1) is 9.04. The molecule has 1 fully saturated rings. The molecule has 19 heavy (non-hydrogen) atoms. The van der Waals surface area contributed by atoms with Crippen LogP contribution in [0.4, 0.5) is 13.2 Å². The number of halogens is 3. The second-order valence-corrected chi connectivity index (χ2v) is 5.67. The highest BCUT2D eigenvalue weighted by Crippen LogP contribution is 2.30. The Hall–Kier alpha value is -0.720. The molecule has 2 nitrogen and oxygen atoms in total. The number of alkyl halides is 3. The Balaban J connectivity index is 1.81. The van der Waals surface area contributed by atoms with Crippen molar-refractivity contribution in [3.8, 4) is 0 Å². The third-order valence-electron chi connectivity index (χ3n) is 3.13. The molecular weight excluding hydrogens is 273 g/mol.